The summed E-state index contributed by atoms with van der Waals surface area (Å²) in [6, 6.07) is 5.11. The van der Waals surface area contributed by atoms with E-state index in [1.54, 1.807) is 0 Å². The van der Waals surface area contributed by atoms with Gasteiger partial charge in [-0.1, -0.05) is 0 Å². The van der Waals surface area contributed by atoms with Gasteiger partial charge >= 0.3 is 11.9 Å². The Labute approximate surface area is 137 Å². The number of nitro benzene ring substituents is 1. The number of methoxy groups -OCH3 is 1. The molecule has 0 N–H and O–H groups in total. The van der Waals surface area contributed by atoms with Gasteiger partial charge in [0.15, 0.2) is 0 Å². The Bertz CT molecular complexity index is 592. The minimum absolute atomic E-state index is 0.0131. The molecule has 9 nitrogen and oxygen atoms in total. The molecule has 2 rings (SSSR count). The first-order valence-electron chi connectivity index (χ1n) is 7.21. The highest BCUT2D eigenvalue weighted by Crippen LogP contribution is 2.14. The van der Waals surface area contributed by atoms with Crippen molar-refractivity contribution in [1.29, 1.82) is 0 Å². The van der Waals surface area contributed by atoms with Gasteiger partial charge in [-0.2, -0.15) is 0 Å². The number of hydrogen-bond acceptors (Lipinski definition) is 8. The minimum atomic E-state index is -0.606. The third kappa shape index (κ3) is 5.00. The number of esters is 2. The number of nitro groups is 1. The van der Waals surface area contributed by atoms with E-state index in [2.05, 4.69) is 4.74 Å². The zero-order valence-electron chi connectivity index (χ0n) is 13.0. The van der Waals surface area contributed by atoms with E-state index >= 15 is 0 Å². The maximum absolute atomic E-state index is 11.9. The van der Waals surface area contributed by atoms with Gasteiger partial charge < -0.3 is 18.9 Å². The van der Waals surface area contributed by atoms with Gasteiger partial charge in [0.1, 0.15) is 12.7 Å². The molecule has 1 aromatic rings. The molecule has 0 aromatic heterocycles. The topological polar surface area (TPSA) is 114 Å². The molecule has 0 bridgehead atoms. The van der Waals surface area contributed by atoms with Crippen molar-refractivity contribution in [3.63, 3.8) is 0 Å². The third-order valence-electron chi connectivity index (χ3n) is 3.37. The number of ether oxygens (including phenoxy) is 4. The highest BCUT2D eigenvalue weighted by molar-refractivity contribution is 5.89. The molecule has 0 aliphatic carbocycles. The van der Waals surface area contributed by atoms with Crippen molar-refractivity contribution in [2.45, 2.75) is 18.6 Å². The van der Waals surface area contributed by atoms with Crippen LogP contribution in [0, 0.1) is 10.1 Å². The normalized spacial score (nSPS) is 20.2. The van der Waals surface area contributed by atoms with Crippen LogP contribution in [0.25, 0.3) is 0 Å². The second-order valence-corrected chi connectivity index (χ2v) is 5.09. The van der Waals surface area contributed by atoms with Crippen LogP contribution in [0.5, 0.6) is 0 Å². The smallest absolute Gasteiger partial charge is 0.338 e. The predicted octanol–water partition coefficient (Wildman–Crippen LogP) is 1.10. The van der Waals surface area contributed by atoms with E-state index < -0.39 is 17.0 Å². The Morgan fingerprint density at radius 1 is 1.21 bits per heavy atom. The molecule has 0 amide bonds. The van der Waals surface area contributed by atoms with Crippen molar-refractivity contribution in [3.8, 4) is 0 Å². The Morgan fingerprint density at radius 3 is 2.38 bits per heavy atom. The quantitative estimate of drug-likeness (QED) is 0.430. The molecule has 0 saturated carbocycles. The molecule has 1 unspecified atom stereocenters. The zero-order chi connectivity index (χ0) is 17.5. The molecule has 1 heterocycles. The summed E-state index contributed by atoms with van der Waals surface area (Å²) >= 11 is 0. The van der Waals surface area contributed by atoms with Gasteiger partial charge in [-0.05, 0) is 12.1 Å². The van der Waals surface area contributed by atoms with Crippen LogP contribution in [0.3, 0.4) is 0 Å². The Morgan fingerprint density at radius 2 is 1.83 bits per heavy atom. The molecule has 1 aromatic carbocycles. The molecule has 9 heteroatoms. The number of hydrogen-bond donors (Lipinski definition) is 0. The Hall–Kier alpha value is -2.52. The molecule has 130 valence electrons. The second-order valence-electron chi connectivity index (χ2n) is 5.09. The Kier molecular flexibility index (Phi) is 6.21. The number of nitrogens with zero attached hydrogens (tertiary/aromatic N) is 1. The van der Waals surface area contributed by atoms with Crippen LogP contribution in [0.1, 0.15) is 16.8 Å². The average Bonchev–Trinajstić information content (AvgIpc) is 2.60. The first-order chi connectivity index (χ1) is 11.5. The van der Waals surface area contributed by atoms with E-state index in [0.29, 0.717) is 0 Å². The summed E-state index contributed by atoms with van der Waals surface area (Å²) in [6.07, 6.45) is -0.703. The highest BCUT2D eigenvalue weighted by Gasteiger charge is 2.25. The van der Waals surface area contributed by atoms with E-state index in [1.807, 2.05) is 0 Å². The third-order valence-corrected chi connectivity index (χ3v) is 3.37. The summed E-state index contributed by atoms with van der Waals surface area (Å²) in [5.74, 6) is -0.989. The van der Waals surface area contributed by atoms with Gasteiger partial charge in [0.25, 0.3) is 5.69 Å². The fraction of sp³-hybridized carbons (Fsp3) is 0.467. The predicted molar refractivity (Wildman–Crippen MR) is 79.5 cm³/mol. The molecule has 24 heavy (non-hydrogen) atoms. The van der Waals surface area contributed by atoms with Crippen LogP contribution in [0.15, 0.2) is 24.3 Å². The van der Waals surface area contributed by atoms with E-state index in [0.717, 1.165) is 0 Å². The summed E-state index contributed by atoms with van der Waals surface area (Å²) in [5, 5.41) is 10.6. The fourth-order valence-electron chi connectivity index (χ4n) is 2.04. The number of non-ortho nitro benzene ring substituents is 1. The van der Waals surface area contributed by atoms with Crippen molar-refractivity contribution < 1.29 is 33.5 Å². The summed E-state index contributed by atoms with van der Waals surface area (Å²) in [5.41, 5.74) is 0.105. The summed E-state index contributed by atoms with van der Waals surface area (Å²) in [7, 11) is 1.30. The zero-order valence-corrected chi connectivity index (χ0v) is 13.0. The number of carbonyl (C=O) groups is 2. The first kappa shape index (κ1) is 17.8. The number of benzene rings is 1. The summed E-state index contributed by atoms with van der Waals surface area (Å²) < 4.78 is 20.6. The first-order valence-corrected chi connectivity index (χ1v) is 7.21. The fourth-order valence-corrected chi connectivity index (χ4v) is 2.04. The number of carbonyl (C=O) groups excluding carboxylic acids is 2. The van der Waals surface area contributed by atoms with Crippen LogP contribution in [-0.2, 0) is 23.7 Å². The highest BCUT2D eigenvalue weighted by atomic mass is 16.6. The lowest BCUT2D eigenvalue weighted by Crippen LogP contribution is -2.39. The summed E-state index contributed by atoms with van der Waals surface area (Å²) in [4.78, 5) is 33.0. The lowest BCUT2D eigenvalue weighted by molar-refractivity contribution is -0.384. The number of rotatable bonds is 6. The second kappa shape index (κ2) is 8.37. The molecule has 0 radical (unpaired) electrons. The van der Waals surface area contributed by atoms with Crippen molar-refractivity contribution in [1.82, 2.24) is 0 Å². The lowest BCUT2D eigenvalue weighted by atomic mass is 10.2. The molecule has 1 aliphatic rings. The van der Waals surface area contributed by atoms with E-state index in [1.165, 1.54) is 31.4 Å². The maximum atomic E-state index is 11.9. The van der Waals surface area contributed by atoms with Gasteiger partial charge in [-0.3, -0.25) is 14.9 Å². The monoisotopic (exact) mass is 339 g/mol. The molecule has 1 aliphatic heterocycles. The molecule has 1 saturated heterocycles. The van der Waals surface area contributed by atoms with Gasteiger partial charge in [0.2, 0.25) is 0 Å². The van der Waals surface area contributed by atoms with Crippen molar-refractivity contribution >= 4 is 17.6 Å². The van der Waals surface area contributed by atoms with Gasteiger partial charge in [-0.25, -0.2) is 4.79 Å². The van der Waals surface area contributed by atoms with Crippen molar-refractivity contribution in [3.05, 3.63) is 39.9 Å². The SMILES string of the molecule is COC(=O)C[C@H]1COC(COC(=O)c2ccc([N+](=O)[O-])cc2)CO1. The van der Waals surface area contributed by atoms with Crippen molar-refractivity contribution in [2.75, 3.05) is 26.9 Å². The molecular weight excluding hydrogens is 322 g/mol. The largest absolute Gasteiger partial charge is 0.469 e. The van der Waals surface area contributed by atoms with E-state index in [-0.39, 0.29) is 49.6 Å². The van der Waals surface area contributed by atoms with Crippen LogP contribution >= 0.6 is 0 Å². The Balaban J connectivity index is 1.75. The van der Waals surface area contributed by atoms with Gasteiger partial charge in [0.05, 0.1) is 43.3 Å². The standard InChI is InChI=1S/C15H17NO8/c1-21-14(17)6-12-7-23-13(8-22-12)9-24-15(18)10-2-4-11(5-3-10)16(19)20/h2-5,12-13H,6-9H2,1H3/t12-,13?/m0/s1. The maximum Gasteiger partial charge on any atom is 0.338 e. The van der Waals surface area contributed by atoms with Crippen molar-refractivity contribution in [2.24, 2.45) is 0 Å². The molecule has 2 atom stereocenters. The van der Waals surface area contributed by atoms with Crippen LogP contribution in [0.4, 0.5) is 5.69 Å². The molecular formula is C15H17NO8. The minimum Gasteiger partial charge on any atom is -0.469 e. The average molecular weight is 339 g/mol. The van der Waals surface area contributed by atoms with Crippen LogP contribution < -0.4 is 0 Å². The summed E-state index contributed by atoms with van der Waals surface area (Å²) in [6.45, 7) is 0.380. The van der Waals surface area contributed by atoms with E-state index in [9.17, 15) is 19.7 Å². The lowest BCUT2D eigenvalue weighted by Gasteiger charge is -2.28. The molecule has 1 fully saturated rings. The van der Waals surface area contributed by atoms with Crippen LogP contribution in [-0.4, -0.2) is 56.0 Å². The molecule has 0 spiro atoms. The van der Waals surface area contributed by atoms with Gasteiger partial charge in [-0.15, -0.1) is 0 Å². The van der Waals surface area contributed by atoms with Crippen LogP contribution in [0.2, 0.25) is 0 Å². The van der Waals surface area contributed by atoms with Gasteiger partial charge in [0, 0.05) is 12.1 Å². The van der Waals surface area contributed by atoms with E-state index in [4.69, 9.17) is 14.2 Å².